The van der Waals surface area contributed by atoms with Crippen molar-refractivity contribution in [2.45, 2.75) is 33.4 Å². The molecule has 0 amide bonds. The Labute approximate surface area is 121 Å². The van der Waals surface area contributed by atoms with Gasteiger partial charge < -0.3 is 15.7 Å². The van der Waals surface area contributed by atoms with Gasteiger partial charge in [-0.05, 0) is 30.0 Å². The van der Waals surface area contributed by atoms with E-state index in [4.69, 9.17) is 15.7 Å². The molecule has 0 aliphatic carbocycles. The summed E-state index contributed by atoms with van der Waals surface area (Å²) < 4.78 is 43.5. The van der Waals surface area contributed by atoms with Gasteiger partial charge in [0, 0.05) is 0 Å². The standard InChI is InChI=1S/C14H19F3N2O2/c1-13(2,3)6-7-21-11-5-4-9(14(15,16)17)8-10(11)12(18)19-20/h4-5,8,20H,6-7H2,1-3H3,(H2,18,19). The average molecular weight is 304 g/mol. The number of alkyl halides is 3. The number of nitrogens with two attached hydrogens (primary N) is 1. The van der Waals surface area contributed by atoms with Gasteiger partial charge in [0.1, 0.15) is 5.75 Å². The Morgan fingerprint density at radius 1 is 1.29 bits per heavy atom. The fraction of sp³-hybridized carbons (Fsp3) is 0.500. The predicted octanol–water partition coefficient (Wildman–Crippen LogP) is 3.61. The third-order valence-corrected chi connectivity index (χ3v) is 2.80. The highest BCUT2D eigenvalue weighted by atomic mass is 19.4. The minimum atomic E-state index is -4.51. The zero-order chi connectivity index (χ0) is 16.3. The quantitative estimate of drug-likeness (QED) is 0.386. The Morgan fingerprint density at radius 3 is 2.38 bits per heavy atom. The number of amidine groups is 1. The highest BCUT2D eigenvalue weighted by molar-refractivity contribution is 5.99. The van der Waals surface area contributed by atoms with E-state index >= 15 is 0 Å². The smallest absolute Gasteiger partial charge is 0.416 e. The molecule has 0 saturated heterocycles. The highest BCUT2D eigenvalue weighted by Crippen LogP contribution is 2.32. The van der Waals surface area contributed by atoms with E-state index < -0.39 is 17.6 Å². The molecular weight excluding hydrogens is 285 g/mol. The minimum Gasteiger partial charge on any atom is -0.493 e. The monoisotopic (exact) mass is 304 g/mol. The molecular formula is C14H19F3N2O2. The van der Waals surface area contributed by atoms with Crippen molar-refractivity contribution in [2.75, 3.05) is 6.61 Å². The maximum Gasteiger partial charge on any atom is 0.416 e. The molecule has 0 bridgehead atoms. The molecule has 0 fully saturated rings. The van der Waals surface area contributed by atoms with E-state index in [2.05, 4.69) is 5.16 Å². The number of hydrogen-bond acceptors (Lipinski definition) is 3. The lowest BCUT2D eigenvalue weighted by atomic mass is 9.93. The fourth-order valence-electron chi connectivity index (χ4n) is 1.55. The Bertz CT molecular complexity index is 520. The molecule has 0 aliphatic heterocycles. The Hall–Kier alpha value is -1.92. The molecule has 118 valence electrons. The van der Waals surface area contributed by atoms with Crippen LogP contribution in [-0.4, -0.2) is 17.6 Å². The van der Waals surface area contributed by atoms with E-state index in [1.165, 1.54) is 6.07 Å². The third kappa shape index (κ3) is 5.17. The molecule has 0 heterocycles. The van der Waals surface area contributed by atoms with Crippen LogP contribution in [0.25, 0.3) is 0 Å². The second kappa shape index (κ2) is 6.24. The lowest BCUT2D eigenvalue weighted by Crippen LogP contribution is -2.18. The molecule has 0 spiro atoms. The first-order valence-electron chi connectivity index (χ1n) is 6.36. The van der Waals surface area contributed by atoms with Gasteiger partial charge in [-0.3, -0.25) is 0 Å². The van der Waals surface area contributed by atoms with Crippen LogP contribution in [-0.2, 0) is 6.18 Å². The number of ether oxygens (including phenoxy) is 1. The summed E-state index contributed by atoms with van der Waals surface area (Å²) in [6, 6.07) is 2.89. The van der Waals surface area contributed by atoms with Gasteiger partial charge in [0.2, 0.25) is 0 Å². The van der Waals surface area contributed by atoms with Gasteiger partial charge in [0.05, 0.1) is 17.7 Å². The van der Waals surface area contributed by atoms with Crippen molar-refractivity contribution >= 4 is 5.84 Å². The average Bonchev–Trinajstić information content (AvgIpc) is 2.35. The van der Waals surface area contributed by atoms with Gasteiger partial charge in [0.15, 0.2) is 5.84 Å². The van der Waals surface area contributed by atoms with Crippen molar-refractivity contribution in [1.82, 2.24) is 0 Å². The van der Waals surface area contributed by atoms with Crippen molar-refractivity contribution in [2.24, 2.45) is 16.3 Å². The van der Waals surface area contributed by atoms with Gasteiger partial charge >= 0.3 is 6.18 Å². The van der Waals surface area contributed by atoms with Crippen molar-refractivity contribution < 1.29 is 23.1 Å². The summed E-state index contributed by atoms with van der Waals surface area (Å²) >= 11 is 0. The molecule has 0 unspecified atom stereocenters. The van der Waals surface area contributed by atoms with Crippen molar-refractivity contribution in [1.29, 1.82) is 0 Å². The number of rotatable bonds is 4. The van der Waals surface area contributed by atoms with Crippen LogP contribution < -0.4 is 10.5 Å². The zero-order valence-electron chi connectivity index (χ0n) is 12.2. The molecule has 0 aromatic heterocycles. The minimum absolute atomic E-state index is 0.0304. The number of oxime groups is 1. The van der Waals surface area contributed by atoms with Crippen LogP contribution in [0.5, 0.6) is 5.75 Å². The first kappa shape index (κ1) is 17.1. The van der Waals surface area contributed by atoms with Gasteiger partial charge in [-0.15, -0.1) is 0 Å². The second-order valence-corrected chi connectivity index (χ2v) is 5.85. The van der Waals surface area contributed by atoms with Gasteiger partial charge in [-0.25, -0.2) is 0 Å². The maximum atomic E-state index is 12.7. The molecule has 1 aromatic rings. The molecule has 4 nitrogen and oxygen atoms in total. The van der Waals surface area contributed by atoms with Crippen LogP contribution in [0.15, 0.2) is 23.4 Å². The topological polar surface area (TPSA) is 67.8 Å². The van der Waals surface area contributed by atoms with E-state index in [0.29, 0.717) is 13.0 Å². The normalized spacial score (nSPS) is 13.3. The molecule has 0 saturated carbocycles. The molecule has 21 heavy (non-hydrogen) atoms. The van der Waals surface area contributed by atoms with E-state index in [-0.39, 0.29) is 16.7 Å². The van der Waals surface area contributed by atoms with E-state index in [9.17, 15) is 13.2 Å². The largest absolute Gasteiger partial charge is 0.493 e. The zero-order valence-corrected chi connectivity index (χ0v) is 12.2. The van der Waals surface area contributed by atoms with Crippen molar-refractivity contribution in [3.8, 4) is 5.75 Å². The van der Waals surface area contributed by atoms with Crippen LogP contribution in [0.2, 0.25) is 0 Å². The summed E-state index contributed by atoms with van der Waals surface area (Å²) in [5.74, 6) is -0.269. The molecule has 1 rings (SSSR count). The summed E-state index contributed by atoms with van der Waals surface area (Å²) in [7, 11) is 0. The lowest BCUT2D eigenvalue weighted by Gasteiger charge is -2.19. The number of nitrogens with zero attached hydrogens (tertiary/aromatic N) is 1. The van der Waals surface area contributed by atoms with Crippen molar-refractivity contribution in [3.63, 3.8) is 0 Å². The summed E-state index contributed by atoms with van der Waals surface area (Å²) in [5, 5.41) is 11.4. The lowest BCUT2D eigenvalue weighted by molar-refractivity contribution is -0.137. The number of hydrogen-bond donors (Lipinski definition) is 2. The molecule has 0 radical (unpaired) electrons. The van der Waals surface area contributed by atoms with E-state index in [1.807, 2.05) is 20.8 Å². The molecule has 1 aromatic carbocycles. The van der Waals surface area contributed by atoms with Gasteiger partial charge in [-0.2, -0.15) is 13.2 Å². The Balaban J connectivity index is 3.03. The summed E-state index contributed by atoms with van der Waals surface area (Å²) in [6.07, 6.45) is -3.79. The van der Waals surface area contributed by atoms with Gasteiger partial charge in [-0.1, -0.05) is 25.9 Å². The highest BCUT2D eigenvalue weighted by Gasteiger charge is 2.31. The van der Waals surface area contributed by atoms with Crippen LogP contribution >= 0.6 is 0 Å². The first-order valence-corrected chi connectivity index (χ1v) is 6.36. The van der Waals surface area contributed by atoms with Crippen LogP contribution in [0, 0.1) is 5.41 Å². The van der Waals surface area contributed by atoms with E-state index in [0.717, 1.165) is 12.1 Å². The molecule has 7 heteroatoms. The Morgan fingerprint density at radius 2 is 1.90 bits per heavy atom. The first-order chi connectivity index (χ1) is 9.54. The summed E-state index contributed by atoms with van der Waals surface area (Å²) in [5.41, 5.74) is 4.48. The third-order valence-electron chi connectivity index (χ3n) is 2.80. The van der Waals surface area contributed by atoms with Crippen LogP contribution in [0.4, 0.5) is 13.2 Å². The van der Waals surface area contributed by atoms with Gasteiger partial charge in [0.25, 0.3) is 0 Å². The number of benzene rings is 1. The number of halogens is 3. The molecule has 3 N–H and O–H groups in total. The second-order valence-electron chi connectivity index (χ2n) is 5.85. The summed E-state index contributed by atoms with van der Waals surface area (Å²) in [4.78, 5) is 0. The van der Waals surface area contributed by atoms with E-state index in [1.54, 1.807) is 0 Å². The van der Waals surface area contributed by atoms with Crippen LogP contribution in [0.3, 0.4) is 0 Å². The van der Waals surface area contributed by atoms with Crippen LogP contribution in [0.1, 0.15) is 38.3 Å². The summed E-state index contributed by atoms with van der Waals surface area (Å²) in [6.45, 7) is 6.38. The predicted molar refractivity (Wildman–Crippen MR) is 73.5 cm³/mol. The molecule has 0 atom stereocenters. The maximum absolute atomic E-state index is 12.7. The molecule has 0 aliphatic rings. The van der Waals surface area contributed by atoms with Crippen molar-refractivity contribution in [3.05, 3.63) is 29.3 Å². The SMILES string of the molecule is CC(C)(C)CCOc1ccc(C(F)(F)F)cc1C(N)=NO. The Kier molecular flexibility index (Phi) is 5.09. The fourth-order valence-corrected chi connectivity index (χ4v) is 1.55.